The molecule has 0 amide bonds. The summed E-state index contributed by atoms with van der Waals surface area (Å²) in [7, 11) is -2.12. The lowest BCUT2D eigenvalue weighted by atomic mass is 9.89. The number of aryl methyl sites for hydroxylation is 1. The fourth-order valence-corrected chi connectivity index (χ4v) is 3.70. The van der Waals surface area contributed by atoms with Crippen molar-refractivity contribution in [2.24, 2.45) is 5.92 Å². The van der Waals surface area contributed by atoms with Crippen LogP contribution in [0.3, 0.4) is 0 Å². The van der Waals surface area contributed by atoms with Crippen LogP contribution in [-0.2, 0) is 4.74 Å². The van der Waals surface area contributed by atoms with E-state index in [0.29, 0.717) is 16.9 Å². The standard InChI is InChI=1S/C19H30O4Si/c1-11(2)16-15(20)13-10-9-12(3)17(14(13)18(21)22-16)23-24(7,8)19(4,5)6/h9-11,15-16,20H,1-8H3/t15-,16-/m1/s1. The number of fused-ring (bicyclic) bond motifs is 1. The molecule has 0 radical (unpaired) electrons. The van der Waals surface area contributed by atoms with Crippen LogP contribution in [-0.4, -0.2) is 25.5 Å². The van der Waals surface area contributed by atoms with Crippen LogP contribution >= 0.6 is 0 Å². The summed E-state index contributed by atoms with van der Waals surface area (Å²) in [6.07, 6.45) is -1.34. The van der Waals surface area contributed by atoms with Crippen molar-refractivity contribution in [2.45, 2.75) is 71.9 Å². The first kappa shape index (κ1) is 19.0. The quantitative estimate of drug-likeness (QED) is 0.639. The first-order valence-electron chi connectivity index (χ1n) is 8.58. The number of esters is 1. The molecule has 1 aliphatic heterocycles. The Kier molecular flexibility index (Phi) is 4.90. The van der Waals surface area contributed by atoms with Gasteiger partial charge in [0, 0.05) is 5.56 Å². The van der Waals surface area contributed by atoms with E-state index in [9.17, 15) is 9.90 Å². The molecule has 1 aliphatic rings. The van der Waals surface area contributed by atoms with Gasteiger partial charge < -0.3 is 14.3 Å². The molecule has 0 unspecified atom stereocenters. The van der Waals surface area contributed by atoms with Gasteiger partial charge in [0.1, 0.15) is 23.5 Å². The lowest BCUT2D eigenvalue weighted by Gasteiger charge is -2.39. The molecule has 0 aliphatic carbocycles. The zero-order chi connectivity index (χ0) is 18.4. The second-order valence-corrected chi connectivity index (χ2v) is 13.3. The predicted molar refractivity (Wildman–Crippen MR) is 98.0 cm³/mol. The number of carbonyl (C=O) groups excluding carboxylic acids is 1. The number of aliphatic hydroxyl groups is 1. The second-order valence-electron chi connectivity index (χ2n) is 8.60. The first-order valence-corrected chi connectivity index (χ1v) is 11.5. The fraction of sp³-hybridized carbons (Fsp3) is 0.632. The van der Waals surface area contributed by atoms with E-state index in [-0.39, 0.29) is 11.0 Å². The number of aliphatic hydroxyl groups excluding tert-OH is 1. The zero-order valence-electron chi connectivity index (χ0n) is 16.1. The molecule has 4 nitrogen and oxygen atoms in total. The average Bonchev–Trinajstić information content (AvgIpc) is 2.43. The maximum atomic E-state index is 12.7. The van der Waals surface area contributed by atoms with Crippen molar-refractivity contribution in [3.63, 3.8) is 0 Å². The molecule has 0 fully saturated rings. The molecule has 5 heteroatoms. The Morgan fingerprint density at radius 2 is 1.83 bits per heavy atom. The van der Waals surface area contributed by atoms with Crippen molar-refractivity contribution < 1.29 is 19.1 Å². The molecule has 0 aromatic heterocycles. The topological polar surface area (TPSA) is 55.8 Å². The Hall–Kier alpha value is -1.33. The van der Waals surface area contributed by atoms with E-state index in [0.717, 1.165) is 5.56 Å². The third kappa shape index (κ3) is 3.24. The van der Waals surface area contributed by atoms with Crippen LogP contribution in [0.4, 0.5) is 0 Å². The molecule has 134 valence electrons. The van der Waals surface area contributed by atoms with Gasteiger partial charge in [-0.3, -0.25) is 0 Å². The normalized spacial score (nSPS) is 21.5. The molecule has 1 aromatic carbocycles. The minimum atomic E-state index is -2.12. The lowest BCUT2D eigenvalue weighted by molar-refractivity contribution is -0.0480. The van der Waals surface area contributed by atoms with Crippen molar-refractivity contribution in [3.8, 4) is 5.75 Å². The third-order valence-corrected chi connectivity index (χ3v) is 9.61. The van der Waals surface area contributed by atoms with E-state index in [1.165, 1.54) is 0 Å². The highest BCUT2D eigenvalue weighted by Gasteiger charge is 2.43. The van der Waals surface area contributed by atoms with Crippen molar-refractivity contribution in [1.29, 1.82) is 0 Å². The van der Waals surface area contributed by atoms with Crippen LogP contribution < -0.4 is 4.43 Å². The van der Waals surface area contributed by atoms with Crippen LogP contribution in [0, 0.1) is 12.8 Å². The Morgan fingerprint density at radius 3 is 2.33 bits per heavy atom. The van der Waals surface area contributed by atoms with Crippen LogP contribution in [0.5, 0.6) is 5.75 Å². The van der Waals surface area contributed by atoms with Gasteiger partial charge >= 0.3 is 5.97 Å². The van der Waals surface area contributed by atoms with E-state index in [1.807, 2.05) is 32.9 Å². The minimum absolute atomic E-state index is 0.0137. The highest BCUT2D eigenvalue weighted by atomic mass is 28.4. The van der Waals surface area contributed by atoms with Crippen molar-refractivity contribution >= 4 is 14.3 Å². The van der Waals surface area contributed by atoms with E-state index in [1.54, 1.807) is 0 Å². The largest absolute Gasteiger partial charge is 0.543 e. The van der Waals surface area contributed by atoms with E-state index >= 15 is 0 Å². The highest BCUT2D eigenvalue weighted by molar-refractivity contribution is 6.74. The molecule has 0 saturated heterocycles. The molecule has 1 aromatic rings. The third-order valence-electron chi connectivity index (χ3n) is 5.28. The molecular weight excluding hydrogens is 320 g/mol. The van der Waals surface area contributed by atoms with Crippen LogP contribution in [0.25, 0.3) is 0 Å². The number of cyclic esters (lactones) is 1. The van der Waals surface area contributed by atoms with Crippen molar-refractivity contribution in [2.75, 3.05) is 0 Å². The summed E-state index contributed by atoms with van der Waals surface area (Å²) in [5.74, 6) is 0.222. The summed E-state index contributed by atoms with van der Waals surface area (Å²) in [4.78, 5) is 12.7. The van der Waals surface area contributed by atoms with Crippen LogP contribution in [0.1, 0.15) is 62.2 Å². The van der Waals surface area contributed by atoms with Gasteiger partial charge in [0.15, 0.2) is 0 Å². The monoisotopic (exact) mass is 350 g/mol. The number of hydrogen-bond donors (Lipinski definition) is 1. The molecule has 0 bridgehead atoms. The van der Waals surface area contributed by atoms with Gasteiger partial charge in [0.2, 0.25) is 0 Å². The number of benzene rings is 1. The Bertz CT molecular complexity index is 644. The van der Waals surface area contributed by atoms with Crippen molar-refractivity contribution in [3.05, 3.63) is 28.8 Å². The van der Waals surface area contributed by atoms with Gasteiger partial charge in [0.05, 0.1) is 0 Å². The minimum Gasteiger partial charge on any atom is -0.543 e. The molecule has 2 atom stereocenters. The Balaban J connectivity index is 2.55. The molecule has 1 N–H and O–H groups in total. The maximum Gasteiger partial charge on any atom is 0.342 e. The SMILES string of the molecule is Cc1ccc2c(c1O[Si](C)(C)C(C)(C)C)C(=O)O[C@H](C(C)C)[C@@H]2O. The second kappa shape index (κ2) is 6.19. The number of hydrogen-bond acceptors (Lipinski definition) is 4. The predicted octanol–water partition coefficient (Wildman–Crippen LogP) is 4.61. The van der Waals surface area contributed by atoms with Crippen LogP contribution in [0.15, 0.2) is 12.1 Å². The molecule has 1 heterocycles. The molecular formula is C19H30O4Si. The van der Waals surface area contributed by atoms with Gasteiger partial charge in [-0.15, -0.1) is 0 Å². The van der Waals surface area contributed by atoms with Gasteiger partial charge in [-0.25, -0.2) is 4.79 Å². The average molecular weight is 351 g/mol. The summed E-state index contributed by atoms with van der Waals surface area (Å²) in [5.41, 5.74) is 1.90. The smallest absolute Gasteiger partial charge is 0.342 e. The van der Waals surface area contributed by atoms with Gasteiger partial charge in [-0.1, -0.05) is 46.8 Å². The highest BCUT2D eigenvalue weighted by Crippen LogP contribution is 2.43. The first-order chi connectivity index (χ1) is 10.9. The maximum absolute atomic E-state index is 12.7. The fourth-order valence-electron chi connectivity index (χ4n) is 2.62. The summed E-state index contributed by atoms with van der Waals surface area (Å²) in [6, 6.07) is 3.74. The summed E-state index contributed by atoms with van der Waals surface area (Å²) in [5, 5.41) is 10.7. The number of ether oxygens (including phenoxy) is 1. The van der Waals surface area contributed by atoms with E-state index in [2.05, 4.69) is 33.9 Å². The van der Waals surface area contributed by atoms with Crippen LogP contribution in [0.2, 0.25) is 18.1 Å². The van der Waals surface area contributed by atoms with Gasteiger partial charge in [0.25, 0.3) is 8.32 Å². The molecule has 0 saturated carbocycles. The summed E-state index contributed by atoms with van der Waals surface area (Å²) in [6.45, 7) is 16.6. The van der Waals surface area contributed by atoms with Gasteiger partial charge in [-0.2, -0.15) is 0 Å². The van der Waals surface area contributed by atoms with E-state index in [4.69, 9.17) is 9.16 Å². The lowest BCUT2D eigenvalue weighted by Crippen LogP contribution is -2.45. The van der Waals surface area contributed by atoms with Crippen molar-refractivity contribution in [1.82, 2.24) is 0 Å². The molecule has 2 rings (SSSR count). The summed E-state index contributed by atoms with van der Waals surface area (Å²) >= 11 is 0. The number of carbonyl (C=O) groups is 1. The zero-order valence-corrected chi connectivity index (χ0v) is 17.1. The van der Waals surface area contributed by atoms with Gasteiger partial charge in [-0.05, 0) is 36.5 Å². The number of rotatable bonds is 3. The molecule has 0 spiro atoms. The summed E-state index contributed by atoms with van der Waals surface area (Å²) < 4.78 is 12.0. The Labute approximate surface area is 146 Å². The Morgan fingerprint density at radius 1 is 1.25 bits per heavy atom. The van der Waals surface area contributed by atoms with E-state index < -0.39 is 26.5 Å². The molecule has 24 heavy (non-hydrogen) atoms.